The maximum absolute atomic E-state index is 12.8. The molecule has 8 heteroatoms. The molecule has 0 aromatic heterocycles. The van der Waals surface area contributed by atoms with Crippen molar-refractivity contribution in [3.05, 3.63) is 48.0 Å². The van der Waals surface area contributed by atoms with Gasteiger partial charge in [-0.25, -0.2) is 0 Å². The third-order valence-electron chi connectivity index (χ3n) is 5.63. The van der Waals surface area contributed by atoms with Crippen LogP contribution in [0.25, 0.3) is 0 Å². The van der Waals surface area contributed by atoms with Gasteiger partial charge in [-0.1, -0.05) is 18.2 Å². The number of hydrogen-bond acceptors (Lipinski definition) is 6. The average molecular weight is 426 g/mol. The lowest BCUT2D eigenvalue weighted by atomic mass is 10.1. The van der Waals surface area contributed by atoms with Crippen LogP contribution in [0.15, 0.2) is 47.4 Å². The molecule has 0 unspecified atom stereocenters. The molecule has 7 nitrogen and oxygen atoms in total. The van der Waals surface area contributed by atoms with E-state index in [1.165, 1.54) is 17.3 Å². The van der Waals surface area contributed by atoms with Crippen LogP contribution in [0.2, 0.25) is 0 Å². The number of anilines is 1. The van der Waals surface area contributed by atoms with Crippen molar-refractivity contribution in [2.75, 3.05) is 38.3 Å². The molecule has 3 heterocycles. The van der Waals surface area contributed by atoms with E-state index < -0.39 is 0 Å². The number of benzene rings is 2. The Balaban J connectivity index is 1.13. The number of amides is 2. The summed E-state index contributed by atoms with van der Waals surface area (Å²) in [5, 5.41) is 2.54. The van der Waals surface area contributed by atoms with E-state index in [0.717, 1.165) is 41.7 Å². The van der Waals surface area contributed by atoms with Crippen LogP contribution in [-0.4, -0.2) is 59.8 Å². The van der Waals surface area contributed by atoms with E-state index in [4.69, 9.17) is 9.47 Å². The first-order valence-electron chi connectivity index (χ1n) is 10.1. The first-order chi connectivity index (χ1) is 14.7. The largest absolute Gasteiger partial charge is 0.454 e. The highest BCUT2D eigenvalue weighted by molar-refractivity contribution is 8.01. The lowest BCUT2D eigenvalue weighted by molar-refractivity contribution is -0.134. The average Bonchev–Trinajstić information content (AvgIpc) is 3.23. The number of carbonyl (C=O) groups excluding carboxylic acids is 2. The third kappa shape index (κ3) is 3.97. The molecule has 0 aliphatic carbocycles. The maximum Gasteiger partial charge on any atom is 0.238 e. The molecule has 5 rings (SSSR count). The number of fused-ring (bicyclic) bond motifs is 2. The summed E-state index contributed by atoms with van der Waals surface area (Å²) < 4.78 is 10.8. The van der Waals surface area contributed by atoms with E-state index in [1.54, 1.807) is 0 Å². The van der Waals surface area contributed by atoms with Gasteiger partial charge in [-0.05, 0) is 29.8 Å². The fourth-order valence-corrected chi connectivity index (χ4v) is 5.07. The third-order valence-corrected chi connectivity index (χ3v) is 6.91. The zero-order valence-corrected chi connectivity index (χ0v) is 17.3. The topological polar surface area (TPSA) is 71.1 Å². The van der Waals surface area contributed by atoms with E-state index in [2.05, 4.69) is 16.3 Å². The number of para-hydroxylation sites is 1. The van der Waals surface area contributed by atoms with Crippen LogP contribution < -0.4 is 14.8 Å². The quantitative estimate of drug-likeness (QED) is 0.812. The van der Waals surface area contributed by atoms with Crippen molar-refractivity contribution in [3.8, 4) is 11.5 Å². The van der Waals surface area contributed by atoms with Crippen LogP contribution >= 0.6 is 11.8 Å². The summed E-state index contributed by atoms with van der Waals surface area (Å²) in [6.45, 7) is 4.08. The first kappa shape index (κ1) is 19.3. The van der Waals surface area contributed by atoms with E-state index in [1.807, 2.05) is 41.3 Å². The smallest absolute Gasteiger partial charge is 0.238 e. The number of carbonyl (C=O) groups is 2. The van der Waals surface area contributed by atoms with Gasteiger partial charge >= 0.3 is 0 Å². The minimum absolute atomic E-state index is 0.0461. The Kier molecular flexibility index (Phi) is 5.26. The van der Waals surface area contributed by atoms with Crippen molar-refractivity contribution in [1.82, 2.24) is 9.80 Å². The second-order valence-electron chi connectivity index (χ2n) is 7.64. The first-order valence-corrected chi connectivity index (χ1v) is 11.0. The molecule has 2 aromatic carbocycles. The minimum Gasteiger partial charge on any atom is -0.454 e. The molecular weight excluding hydrogens is 402 g/mol. The maximum atomic E-state index is 12.8. The lowest BCUT2D eigenvalue weighted by Crippen LogP contribution is -2.49. The summed E-state index contributed by atoms with van der Waals surface area (Å²) in [7, 11) is 0. The summed E-state index contributed by atoms with van der Waals surface area (Å²) in [6, 6.07) is 13.7. The van der Waals surface area contributed by atoms with Gasteiger partial charge in [0.1, 0.15) is 0 Å². The molecule has 0 bridgehead atoms. The van der Waals surface area contributed by atoms with Crippen LogP contribution in [0.4, 0.5) is 5.69 Å². The molecule has 0 radical (unpaired) electrons. The molecule has 2 amide bonds. The molecule has 0 spiro atoms. The minimum atomic E-state index is -0.376. The second kappa shape index (κ2) is 8.20. The van der Waals surface area contributed by atoms with Gasteiger partial charge in [-0.2, -0.15) is 0 Å². The van der Waals surface area contributed by atoms with Gasteiger partial charge in [-0.3, -0.25) is 14.5 Å². The number of thioether (sulfide) groups is 1. The summed E-state index contributed by atoms with van der Waals surface area (Å²) in [5.41, 5.74) is 2.00. The van der Waals surface area contributed by atoms with Crippen molar-refractivity contribution in [3.63, 3.8) is 0 Å². The summed E-state index contributed by atoms with van der Waals surface area (Å²) in [5.74, 6) is 1.55. The molecule has 30 heavy (non-hydrogen) atoms. The molecule has 1 N–H and O–H groups in total. The number of piperazine rings is 1. The number of rotatable bonds is 4. The van der Waals surface area contributed by atoms with E-state index in [0.29, 0.717) is 13.1 Å². The van der Waals surface area contributed by atoms with E-state index in [-0.39, 0.29) is 30.3 Å². The Labute approximate surface area is 179 Å². The van der Waals surface area contributed by atoms with Gasteiger partial charge in [0.15, 0.2) is 11.5 Å². The second-order valence-corrected chi connectivity index (χ2v) is 8.89. The van der Waals surface area contributed by atoms with Crippen molar-refractivity contribution in [2.45, 2.75) is 23.1 Å². The number of nitrogens with zero attached hydrogens (tertiary/aromatic N) is 2. The van der Waals surface area contributed by atoms with Crippen LogP contribution in [0.3, 0.4) is 0 Å². The Morgan fingerprint density at radius 2 is 1.87 bits per heavy atom. The van der Waals surface area contributed by atoms with Gasteiger partial charge in [0.05, 0.1) is 10.9 Å². The predicted octanol–water partition coefficient (Wildman–Crippen LogP) is 2.56. The molecule has 3 aliphatic heterocycles. The highest BCUT2D eigenvalue weighted by Gasteiger charge is 2.31. The molecule has 0 saturated carbocycles. The van der Waals surface area contributed by atoms with Crippen LogP contribution in [0.5, 0.6) is 11.5 Å². The summed E-state index contributed by atoms with van der Waals surface area (Å²) in [6.07, 6.45) is 0.229. The molecule has 1 atom stereocenters. The normalized spacial score (nSPS) is 20.6. The molecule has 156 valence electrons. The van der Waals surface area contributed by atoms with Crippen LogP contribution in [0, 0.1) is 0 Å². The Bertz CT molecular complexity index is 975. The predicted molar refractivity (Wildman–Crippen MR) is 114 cm³/mol. The fourth-order valence-electron chi connectivity index (χ4n) is 3.97. The van der Waals surface area contributed by atoms with Gasteiger partial charge in [0.25, 0.3) is 0 Å². The highest BCUT2D eigenvalue weighted by Crippen LogP contribution is 2.37. The Morgan fingerprint density at radius 1 is 1.07 bits per heavy atom. The van der Waals surface area contributed by atoms with Crippen molar-refractivity contribution in [2.24, 2.45) is 0 Å². The van der Waals surface area contributed by atoms with E-state index in [9.17, 15) is 9.59 Å². The Morgan fingerprint density at radius 3 is 2.73 bits per heavy atom. The lowest BCUT2D eigenvalue weighted by Gasteiger charge is -2.35. The summed E-state index contributed by atoms with van der Waals surface area (Å²) >= 11 is 1.48. The van der Waals surface area contributed by atoms with Gasteiger partial charge in [0.2, 0.25) is 18.6 Å². The van der Waals surface area contributed by atoms with Crippen molar-refractivity contribution < 1.29 is 19.1 Å². The number of hydrogen-bond donors (Lipinski definition) is 1. The Hall–Kier alpha value is -2.71. The molecular formula is C22H23N3O4S. The zero-order valence-electron chi connectivity index (χ0n) is 16.5. The zero-order chi connectivity index (χ0) is 20.5. The van der Waals surface area contributed by atoms with Gasteiger partial charge in [-0.15, -0.1) is 11.8 Å². The number of nitrogens with one attached hydrogen (secondary N) is 1. The van der Waals surface area contributed by atoms with Gasteiger partial charge < -0.3 is 19.7 Å². The fraction of sp³-hybridized carbons (Fsp3) is 0.364. The van der Waals surface area contributed by atoms with Crippen LogP contribution in [0.1, 0.15) is 12.0 Å². The van der Waals surface area contributed by atoms with Crippen LogP contribution in [-0.2, 0) is 16.1 Å². The van der Waals surface area contributed by atoms with Crippen molar-refractivity contribution in [1.29, 1.82) is 0 Å². The molecule has 2 aromatic rings. The molecule has 1 saturated heterocycles. The van der Waals surface area contributed by atoms with Gasteiger partial charge in [0, 0.05) is 44.0 Å². The summed E-state index contributed by atoms with van der Waals surface area (Å²) in [4.78, 5) is 30.4. The number of ether oxygens (including phenoxy) is 2. The highest BCUT2D eigenvalue weighted by atomic mass is 32.2. The molecule has 3 aliphatic rings. The van der Waals surface area contributed by atoms with Crippen molar-refractivity contribution >= 4 is 29.3 Å². The SMILES string of the molecule is O=C1Nc2ccccc2S[C@@H]1CC(=O)N1CCN(Cc2ccc3c(c2)OCO3)CC1. The standard InChI is InChI=1S/C22H23N3O4S/c26-21(12-20-22(27)23-16-3-1-2-4-19(16)30-20)25-9-7-24(8-10-25)13-15-5-6-17-18(11-15)29-14-28-17/h1-6,11,20H,7-10,12-14H2,(H,23,27)/t20-/m1/s1. The monoisotopic (exact) mass is 425 g/mol. The molecule has 1 fully saturated rings. The van der Waals surface area contributed by atoms with E-state index >= 15 is 0 Å².